The molecule has 2 rings (SSSR count). The standard InChI is InChI=1S/C17H17F3N2O/c1-2-22(10-12-6-4-3-5-7-12)11-15(23)21-14-9-8-13(18)16(19)17(14)20/h3-9H,2,10-11H2,1H3,(H,21,23)/p+1. The molecule has 0 aliphatic carbocycles. The summed E-state index contributed by atoms with van der Waals surface area (Å²) in [6.45, 7) is 3.38. The van der Waals surface area contributed by atoms with Gasteiger partial charge in [-0.15, -0.1) is 0 Å². The first-order chi connectivity index (χ1) is 11.0. The van der Waals surface area contributed by atoms with Crippen LogP contribution in [0.1, 0.15) is 12.5 Å². The average molecular weight is 323 g/mol. The van der Waals surface area contributed by atoms with E-state index in [-0.39, 0.29) is 12.2 Å². The molecule has 1 atom stereocenters. The highest BCUT2D eigenvalue weighted by Gasteiger charge is 2.18. The minimum absolute atomic E-state index is 0.101. The van der Waals surface area contributed by atoms with E-state index in [2.05, 4.69) is 5.32 Å². The number of hydrogen-bond donors (Lipinski definition) is 2. The number of halogens is 3. The van der Waals surface area contributed by atoms with Gasteiger partial charge in [0.05, 0.1) is 12.2 Å². The predicted octanol–water partition coefficient (Wildman–Crippen LogP) is 2.15. The van der Waals surface area contributed by atoms with Gasteiger partial charge in [-0.25, -0.2) is 13.2 Å². The van der Waals surface area contributed by atoms with Crippen LogP contribution in [0.5, 0.6) is 0 Å². The van der Waals surface area contributed by atoms with Gasteiger partial charge in [0.15, 0.2) is 24.0 Å². The van der Waals surface area contributed by atoms with Gasteiger partial charge in [-0.1, -0.05) is 30.3 Å². The fraction of sp³-hybridized carbons (Fsp3) is 0.235. The Morgan fingerprint density at radius 2 is 1.74 bits per heavy atom. The number of nitrogens with one attached hydrogen (secondary N) is 2. The third-order valence-corrected chi connectivity index (χ3v) is 3.52. The number of quaternary nitrogens is 1. The minimum atomic E-state index is -1.59. The van der Waals surface area contributed by atoms with Crippen LogP contribution in [0.25, 0.3) is 0 Å². The van der Waals surface area contributed by atoms with E-state index in [1.54, 1.807) is 0 Å². The van der Waals surface area contributed by atoms with Gasteiger partial charge < -0.3 is 10.2 Å². The smallest absolute Gasteiger partial charge is 0.279 e. The van der Waals surface area contributed by atoms with Gasteiger partial charge in [0, 0.05) is 5.56 Å². The molecule has 0 saturated carbocycles. The van der Waals surface area contributed by atoms with E-state index < -0.39 is 23.4 Å². The number of likely N-dealkylation sites (N-methyl/N-ethyl adjacent to an activating group) is 1. The molecular formula is C17H18F3N2O+. The summed E-state index contributed by atoms with van der Waals surface area (Å²) in [5.74, 6) is -4.72. The summed E-state index contributed by atoms with van der Waals surface area (Å²) in [6, 6.07) is 11.5. The number of carbonyl (C=O) groups is 1. The third-order valence-electron chi connectivity index (χ3n) is 3.52. The van der Waals surface area contributed by atoms with Crippen LogP contribution < -0.4 is 10.2 Å². The summed E-state index contributed by atoms with van der Waals surface area (Å²) in [5.41, 5.74) is 0.722. The van der Waals surface area contributed by atoms with Crippen LogP contribution in [0.3, 0.4) is 0 Å². The Balaban J connectivity index is 1.99. The second-order valence-corrected chi connectivity index (χ2v) is 5.21. The van der Waals surface area contributed by atoms with Gasteiger partial charge in [-0.2, -0.15) is 0 Å². The molecule has 0 bridgehead atoms. The minimum Gasteiger partial charge on any atom is -0.324 e. The lowest BCUT2D eigenvalue weighted by molar-refractivity contribution is -0.903. The molecule has 1 unspecified atom stereocenters. The molecule has 6 heteroatoms. The average Bonchev–Trinajstić information content (AvgIpc) is 2.56. The normalized spacial score (nSPS) is 12.0. The fourth-order valence-electron chi connectivity index (χ4n) is 2.24. The number of carbonyl (C=O) groups excluding carboxylic acids is 1. The first kappa shape index (κ1) is 17.0. The molecule has 0 radical (unpaired) electrons. The molecule has 0 saturated heterocycles. The lowest BCUT2D eigenvalue weighted by atomic mass is 10.2. The van der Waals surface area contributed by atoms with Crippen LogP contribution in [0, 0.1) is 17.5 Å². The Morgan fingerprint density at radius 1 is 1.04 bits per heavy atom. The van der Waals surface area contributed by atoms with Crippen LogP contribution >= 0.6 is 0 Å². The topological polar surface area (TPSA) is 33.5 Å². The lowest BCUT2D eigenvalue weighted by Gasteiger charge is -2.17. The van der Waals surface area contributed by atoms with Gasteiger partial charge in [0.2, 0.25) is 0 Å². The van der Waals surface area contributed by atoms with Crippen LogP contribution in [-0.4, -0.2) is 19.0 Å². The number of amides is 1. The number of hydrogen-bond acceptors (Lipinski definition) is 1. The molecule has 0 aromatic heterocycles. The van der Waals surface area contributed by atoms with Gasteiger partial charge in [-0.05, 0) is 19.1 Å². The van der Waals surface area contributed by atoms with Crippen molar-refractivity contribution in [2.24, 2.45) is 0 Å². The van der Waals surface area contributed by atoms with Crippen molar-refractivity contribution in [2.45, 2.75) is 13.5 Å². The van der Waals surface area contributed by atoms with Crippen LogP contribution in [0.15, 0.2) is 42.5 Å². The second-order valence-electron chi connectivity index (χ2n) is 5.21. The van der Waals surface area contributed by atoms with Crippen molar-refractivity contribution >= 4 is 11.6 Å². The number of rotatable bonds is 6. The largest absolute Gasteiger partial charge is 0.324 e. The Morgan fingerprint density at radius 3 is 2.39 bits per heavy atom. The van der Waals surface area contributed by atoms with E-state index in [4.69, 9.17) is 0 Å². The molecule has 0 aliphatic heterocycles. The first-order valence-corrected chi connectivity index (χ1v) is 7.32. The van der Waals surface area contributed by atoms with E-state index in [1.165, 1.54) is 0 Å². The van der Waals surface area contributed by atoms with Crippen molar-refractivity contribution in [2.75, 3.05) is 18.4 Å². The maximum absolute atomic E-state index is 13.6. The molecule has 0 aliphatic rings. The van der Waals surface area contributed by atoms with Crippen molar-refractivity contribution in [1.82, 2.24) is 0 Å². The number of anilines is 1. The molecule has 0 fully saturated rings. The van der Waals surface area contributed by atoms with E-state index in [1.807, 2.05) is 37.3 Å². The molecule has 0 heterocycles. The second kappa shape index (κ2) is 7.78. The zero-order valence-corrected chi connectivity index (χ0v) is 12.7. The highest BCUT2D eigenvalue weighted by molar-refractivity contribution is 5.91. The highest BCUT2D eigenvalue weighted by atomic mass is 19.2. The summed E-state index contributed by atoms with van der Waals surface area (Å²) in [7, 11) is 0. The van der Waals surface area contributed by atoms with Crippen LogP contribution in [0.2, 0.25) is 0 Å². The van der Waals surface area contributed by atoms with Crippen molar-refractivity contribution in [3.8, 4) is 0 Å². The number of benzene rings is 2. The van der Waals surface area contributed by atoms with Crippen molar-refractivity contribution in [3.05, 3.63) is 65.5 Å². The molecule has 2 N–H and O–H groups in total. The summed E-state index contributed by atoms with van der Waals surface area (Å²) < 4.78 is 39.6. The summed E-state index contributed by atoms with van der Waals surface area (Å²) >= 11 is 0. The molecule has 1 amide bonds. The monoisotopic (exact) mass is 323 g/mol. The molecule has 122 valence electrons. The summed E-state index contributed by atoms with van der Waals surface area (Å²) in [5, 5.41) is 2.29. The Kier molecular flexibility index (Phi) is 5.76. The van der Waals surface area contributed by atoms with E-state index in [0.29, 0.717) is 13.1 Å². The zero-order valence-electron chi connectivity index (χ0n) is 12.7. The van der Waals surface area contributed by atoms with Crippen LogP contribution in [0.4, 0.5) is 18.9 Å². The molecule has 2 aromatic carbocycles. The Labute approximate surface area is 132 Å². The molecule has 23 heavy (non-hydrogen) atoms. The fourth-order valence-corrected chi connectivity index (χ4v) is 2.24. The molecule has 3 nitrogen and oxygen atoms in total. The van der Waals surface area contributed by atoms with Gasteiger partial charge in [0.25, 0.3) is 5.91 Å². The van der Waals surface area contributed by atoms with Crippen molar-refractivity contribution in [1.29, 1.82) is 0 Å². The predicted molar refractivity (Wildman–Crippen MR) is 81.5 cm³/mol. The van der Waals surface area contributed by atoms with E-state index >= 15 is 0 Å². The van der Waals surface area contributed by atoms with Gasteiger partial charge in [-0.3, -0.25) is 4.79 Å². The molecule has 2 aromatic rings. The molecular weight excluding hydrogens is 305 g/mol. The van der Waals surface area contributed by atoms with Crippen molar-refractivity contribution in [3.63, 3.8) is 0 Å². The van der Waals surface area contributed by atoms with E-state index in [9.17, 15) is 18.0 Å². The van der Waals surface area contributed by atoms with Gasteiger partial charge in [0.1, 0.15) is 6.54 Å². The van der Waals surface area contributed by atoms with Crippen LogP contribution in [-0.2, 0) is 11.3 Å². The first-order valence-electron chi connectivity index (χ1n) is 7.32. The Hall–Kier alpha value is -2.34. The quantitative estimate of drug-likeness (QED) is 0.785. The highest BCUT2D eigenvalue weighted by Crippen LogP contribution is 2.19. The summed E-state index contributed by atoms with van der Waals surface area (Å²) in [4.78, 5) is 13.0. The third kappa shape index (κ3) is 4.56. The maximum atomic E-state index is 13.6. The lowest BCUT2D eigenvalue weighted by Crippen LogP contribution is -3.11. The summed E-state index contributed by atoms with van der Waals surface area (Å²) in [6.07, 6.45) is 0. The van der Waals surface area contributed by atoms with Crippen molar-refractivity contribution < 1.29 is 22.9 Å². The zero-order chi connectivity index (χ0) is 16.8. The Bertz CT molecular complexity index is 677. The SMILES string of the molecule is CC[NH+](CC(=O)Nc1ccc(F)c(F)c1F)Cc1ccccc1. The maximum Gasteiger partial charge on any atom is 0.279 e. The molecule has 0 spiro atoms. The van der Waals surface area contributed by atoms with Gasteiger partial charge >= 0.3 is 0 Å². The van der Waals surface area contributed by atoms with E-state index in [0.717, 1.165) is 22.6 Å².